The highest BCUT2D eigenvalue weighted by Gasteiger charge is 2.17. The molecule has 0 aliphatic carbocycles. The van der Waals surface area contributed by atoms with E-state index in [2.05, 4.69) is 10.8 Å². The standard InChI is InChI=1S/C16H17ClFNO2S/c1-11-3-4-13(12(2)9-11)7-8-19-22(20,21)16-6-5-14(18)10-15(16)17/h3-6,9-10,19H,7-8H2,1-2H3. The van der Waals surface area contributed by atoms with Gasteiger partial charge in [-0.25, -0.2) is 17.5 Å². The van der Waals surface area contributed by atoms with Crippen molar-refractivity contribution in [3.05, 3.63) is 63.9 Å². The van der Waals surface area contributed by atoms with Gasteiger partial charge in [-0.2, -0.15) is 0 Å². The summed E-state index contributed by atoms with van der Waals surface area (Å²) in [6.45, 7) is 4.25. The maximum atomic E-state index is 13.0. The van der Waals surface area contributed by atoms with Crippen molar-refractivity contribution in [2.24, 2.45) is 0 Å². The fourth-order valence-electron chi connectivity index (χ4n) is 2.22. The van der Waals surface area contributed by atoms with Gasteiger partial charge in [-0.3, -0.25) is 0 Å². The maximum Gasteiger partial charge on any atom is 0.242 e. The summed E-state index contributed by atoms with van der Waals surface area (Å²) in [7, 11) is -3.75. The Morgan fingerprint density at radius 2 is 1.86 bits per heavy atom. The largest absolute Gasteiger partial charge is 0.242 e. The zero-order chi connectivity index (χ0) is 16.3. The van der Waals surface area contributed by atoms with Crippen LogP contribution in [-0.4, -0.2) is 15.0 Å². The average molecular weight is 342 g/mol. The Morgan fingerprint density at radius 3 is 2.50 bits per heavy atom. The second kappa shape index (κ2) is 6.77. The van der Waals surface area contributed by atoms with Gasteiger partial charge in [0.1, 0.15) is 10.7 Å². The van der Waals surface area contributed by atoms with Crippen molar-refractivity contribution in [1.82, 2.24) is 4.72 Å². The van der Waals surface area contributed by atoms with E-state index in [1.54, 1.807) is 0 Å². The molecule has 0 unspecified atom stereocenters. The molecule has 0 aromatic heterocycles. The lowest BCUT2D eigenvalue weighted by Gasteiger charge is -2.10. The average Bonchev–Trinajstić information content (AvgIpc) is 2.40. The van der Waals surface area contributed by atoms with E-state index in [0.717, 1.165) is 29.3 Å². The van der Waals surface area contributed by atoms with Crippen molar-refractivity contribution in [2.75, 3.05) is 6.54 Å². The van der Waals surface area contributed by atoms with E-state index in [-0.39, 0.29) is 16.5 Å². The number of benzene rings is 2. The van der Waals surface area contributed by atoms with Crippen LogP contribution >= 0.6 is 11.6 Å². The summed E-state index contributed by atoms with van der Waals surface area (Å²) in [6, 6.07) is 9.26. The predicted molar refractivity (Wildman–Crippen MR) is 86.2 cm³/mol. The van der Waals surface area contributed by atoms with Crippen molar-refractivity contribution in [3.8, 4) is 0 Å². The van der Waals surface area contributed by atoms with Crippen LogP contribution in [-0.2, 0) is 16.4 Å². The van der Waals surface area contributed by atoms with E-state index < -0.39 is 15.8 Å². The lowest BCUT2D eigenvalue weighted by Crippen LogP contribution is -2.26. The van der Waals surface area contributed by atoms with Crippen molar-refractivity contribution in [2.45, 2.75) is 25.2 Å². The topological polar surface area (TPSA) is 46.2 Å². The molecule has 0 heterocycles. The molecule has 0 saturated carbocycles. The van der Waals surface area contributed by atoms with Crippen LogP contribution in [0.5, 0.6) is 0 Å². The van der Waals surface area contributed by atoms with Gasteiger partial charge in [0.2, 0.25) is 10.0 Å². The van der Waals surface area contributed by atoms with Gasteiger partial charge in [0.05, 0.1) is 5.02 Å². The van der Waals surface area contributed by atoms with Crippen LogP contribution in [0.2, 0.25) is 5.02 Å². The molecule has 2 rings (SSSR count). The van der Waals surface area contributed by atoms with Crippen molar-refractivity contribution in [3.63, 3.8) is 0 Å². The Labute approximate surface area is 135 Å². The fourth-order valence-corrected chi connectivity index (χ4v) is 3.78. The Balaban J connectivity index is 2.07. The molecule has 0 atom stereocenters. The maximum absolute atomic E-state index is 13.0. The number of sulfonamides is 1. The minimum Gasteiger partial charge on any atom is -0.211 e. The molecule has 118 valence electrons. The molecule has 0 spiro atoms. The molecule has 0 radical (unpaired) electrons. The van der Waals surface area contributed by atoms with E-state index in [0.29, 0.717) is 6.42 Å². The fraction of sp³-hybridized carbons (Fsp3) is 0.250. The molecule has 2 aromatic rings. The molecule has 22 heavy (non-hydrogen) atoms. The summed E-state index contributed by atoms with van der Waals surface area (Å²) >= 11 is 5.79. The number of rotatable bonds is 5. The molecule has 0 fully saturated rings. The van der Waals surface area contributed by atoms with Crippen LogP contribution in [0.15, 0.2) is 41.3 Å². The lowest BCUT2D eigenvalue weighted by molar-refractivity contribution is 0.580. The minimum atomic E-state index is -3.75. The van der Waals surface area contributed by atoms with Gasteiger partial charge < -0.3 is 0 Å². The smallest absolute Gasteiger partial charge is 0.211 e. The monoisotopic (exact) mass is 341 g/mol. The molecule has 0 aliphatic heterocycles. The third-order valence-corrected chi connectivity index (χ3v) is 5.31. The van der Waals surface area contributed by atoms with Crippen LogP contribution in [0.1, 0.15) is 16.7 Å². The zero-order valence-corrected chi connectivity index (χ0v) is 13.9. The summed E-state index contributed by atoms with van der Waals surface area (Å²) in [5.74, 6) is -0.570. The van der Waals surface area contributed by atoms with Gasteiger partial charge in [-0.05, 0) is 49.6 Å². The number of nitrogens with one attached hydrogen (secondary N) is 1. The highest BCUT2D eigenvalue weighted by molar-refractivity contribution is 7.89. The highest BCUT2D eigenvalue weighted by atomic mass is 35.5. The third-order valence-electron chi connectivity index (χ3n) is 3.37. The van der Waals surface area contributed by atoms with Crippen LogP contribution < -0.4 is 4.72 Å². The minimum absolute atomic E-state index is 0.115. The summed E-state index contributed by atoms with van der Waals surface area (Å²) < 4.78 is 39.8. The predicted octanol–water partition coefficient (Wildman–Crippen LogP) is 3.62. The first-order valence-corrected chi connectivity index (χ1v) is 8.66. The quantitative estimate of drug-likeness (QED) is 0.902. The van der Waals surface area contributed by atoms with Gasteiger partial charge in [-0.1, -0.05) is 35.4 Å². The molecule has 6 heteroatoms. The van der Waals surface area contributed by atoms with Crippen LogP contribution in [0, 0.1) is 19.7 Å². The van der Waals surface area contributed by atoms with Gasteiger partial charge in [0, 0.05) is 6.54 Å². The molecule has 0 amide bonds. The van der Waals surface area contributed by atoms with Gasteiger partial charge >= 0.3 is 0 Å². The second-order valence-electron chi connectivity index (χ2n) is 5.15. The zero-order valence-electron chi connectivity index (χ0n) is 12.4. The van der Waals surface area contributed by atoms with Crippen molar-refractivity contribution in [1.29, 1.82) is 0 Å². The normalized spacial score (nSPS) is 11.6. The van der Waals surface area contributed by atoms with Crippen molar-refractivity contribution < 1.29 is 12.8 Å². The number of hydrogen-bond donors (Lipinski definition) is 1. The lowest BCUT2D eigenvalue weighted by atomic mass is 10.0. The Bertz CT molecular complexity index is 791. The Morgan fingerprint density at radius 1 is 1.14 bits per heavy atom. The molecule has 0 saturated heterocycles. The van der Waals surface area contributed by atoms with Gasteiger partial charge in [0.25, 0.3) is 0 Å². The molecule has 1 N–H and O–H groups in total. The summed E-state index contributed by atoms with van der Waals surface area (Å²) in [4.78, 5) is -0.115. The van der Waals surface area contributed by atoms with E-state index in [1.807, 2.05) is 26.0 Å². The third kappa shape index (κ3) is 4.06. The second-order valence-corrected chi connectivity index (χ2v) is 7.30. The summed E-state index contributed by atoms with van der Waals surface area (Å²) in [6.07, 6.45) is 0.574. The number of hydrogen-bond acceptors (Lipinski definition) is 2. The molecule has 0 aliphatic rings. The van der Waals surface area contributed by atoms with Crippen LogP contribution in [0.25, 0.3) is 0 Å². The first-order chi connectivity index (χ1) is 10.3. The summed E-state index contributed by atoms with van der Waals surface area (Å²) in [5.41, 5.74) is 3.37. The highest BCUT2D eigenvalue weighted by Crippen LogP contribution is 2.22. The number of aryl methyl sites for hydroxylation is 2. The first-order valence-electron chi connectivity index (χ1n) is 6.80. The molecule has 3 nitrogen and oxygen atoms in total. The van der Waals surface area contributed by atoms with Crippen LogP contribution in [0.3, 0.4) is 0 Å². The number of halogens is 2. The molecule has 0 bridgehead atoms. The van der Waals surface area contributed by atoms with Gasteiger partial charge in [0.15, 0.2) is 0 Å². The van der Waals surface area contributed by atoms with Gasteiger partial charge in [-0.15, -0.1) is 0 Å². The van der Waals surface area contributed by atoms with Crippen molar-refractivity contribution >= 4 is 21.6 Å². The van der Waals surface area contributed by atoms with Crippen LogP contribution in [0.4, 0.5) is 4.39 Å². The first kappa shape index (κ1) is 16.9. The summed E-state index contributed by atoms with van der Waals surface area (Å²) in [5, 5.41) is -0.126. The van der Waals surface area contributed by atoms with E-state index in [1.165, 1.54) is 5.56 Å². The SMILES string of the molecule is Cc1ccc(CCNS(=O)(=O)c2ccc(F)cc2Cl)c(C)c1. The Kier molecular flexibility index (Phi) is 5.21. The molecular formula is C16H17ClFNO2S. The van der Waals surface area contributed by atoms with E-state index in [4.69, 9.17) is 11.6 Å². The van der Waals surface area contributed by atoms with E-state index in [9.17, 15) is 12.8 Å². The Hall–Kier alpha value is -1.43. The van der Waals surface area contributed by atoms with E-state index >= 15 is 0 Å². The molecule has 2 aromatic carbocycles. The molecular weight excluding hydrogens is 325 g/mol.